The number of fused-ring (bicyclic) bond motifs is 1. The van der Waals surface area contributed by atoms with E-state index in [2.05, 4.69) is 21.4 Å². The van der Waals surface area contributed by atoms with Crippen molar-refractivity contribution in [1.82, 2.24) is 15.3 Å². The standard InChI is InChI=1S/C17H16FN3/c1-2-20-17(14-9-15(18)11-19-10-14)13-5-6-16-12(8-13)4-3-7-21-16/h3-11,17,20H,2H2,1H3. The summed E-state index contributed by atoms with van der Waals surface area (Å²) in [4.78, 5) is 8.27. The van der Waals surface area contributed by atoms with Crippen molar-refractivity contribution in [3.05, 3.63) is 71.9 Å². The molecule has 0 saturated heterocycles. The number of hydrogen-bond acceptors (Lipinski definition) is 3. The Morgan fingerprint density at radius 1 is 1.14 bits per heavy atom. The maximum Gasteiger partial charge on any atom is 0.141 e. The summed E-state index contributed by atoms with van der Waals surface area (Å²) in [5.74, 6) is -0.321. The molecule has 4 heteroatoms. The molecule has 1 aromatic carbocycles. The molecule has 0 fully saturated rings. The number of benzene rings is 1. The van der Waals surface area contributed by atoms with Crippen LogP contribution in [0.15, 0.2) is 55.0 Å². The van der Waals surface area contributed by atoms with E-state index in [1.165, 1.54) is 12.3 Å². The van der Waals surface area contributed by atoms with E-state index in [0.717, 1.165) is 28.6 Å². The first kappa shape index (κ1) is 13.6. The minimum Gasteiger partial charge on any atom is -0.306 e. The molecule has 3 rings (SSSR count). The average molecular weight is 281 g/mol. The molecule has 1 unspecified atom stereocenters. The van der Waals surface area contributed by atoms with Gasteiger partial charge in [0.15, 0.2) is 0 Å². The summed E-state index contributed by atoms with van der Waals surface area (Å²) in [6.45, 7) is 2.81. The van der Waals surface area contributed by atoms with Gasteiger partial charge < -0.3 is 5.32 Å². The van der Waals surface area contributed by atoms with E-state index in [1.54, 1.807) is 12.4 Å². The third-order valence-electron chi connectivity index (χ3n) is 3.43. The van der Waals surface area contributed by atoms with E-state index >= 15 is 0 Å². The molecule has 0 radical (unpaired) electrons. The topological polar surface area (TPSA) is 37.8 Å². The first-order valence-corrected chi connectivity index (χ1v) is 6.96. The zero-order valence-electron chi connectivity index (χ0n) is 11.8. The molecule has 2 aromatic heterocycles. The Morgan fingerprint density at radius 2 is 2.05 bits per heavy atom. The SMILES string of the molecule is CCNC(c1cncc(F)c1)c1ccc2ncccc2c1. The van der Waals surface area contributed by atoms with Gasteiger partial charge in [0.1, 0.15) is 5.82 Å². The molecular weight excluding hydrogens is 265 g/mol. The molecule has 3 nitrogen and oxygen atoms in total. The number of nitrogens with zero attached hydrogens (tertiary/aromatic N) is 2. The molecule has 0 saturated carbocycles. The summed E-state index contributed by atoms with van der Waals surface area (Å²) in [6.07, 6.45) is 4.70. The van der Waals surface area contributed by atoms with Crippen LogP contribution in [0.1, 0.15) is 24.1 Å². The van der Waals surface area contributed by atoms with Crippen molar-refractivity contribution in [3.63, 3.8) is 0 Å². The van der Waals surface area contributed by atoms with Crippen molar-refractivity contribution >= 4 is 10.9 Å². The van der Waals surface area contributed by atoms with Gasteiger partial charge in [-0.25, -0.2) is 4.39 Å². The van der Waals surface area contributed by atoms with Crippen molar-refractivity contribution < 1.29 is 4.39 Å². The minimum atomic E-state index is -0.321. The second-order valence-corrected chi connectivity index (χ2v) is 4.88. The summed E-state index contributed by atoms with van der Waals surface area (Å²) in [5.41, 5.74) is 2.85. The van der Waals surface area contributed by atoms with Gasteiger partial charge in [-0.05, 0) is 41.9 Å². The number of hydrogen-bond donors (Lipinski definition) is 1. The molecule has 1 atom stereocenters. The second kappa shape index (κ2) is 5.97. The van der Waals surface area contributed by atoms with Gasteiger partial charge in [0.05, 0.1) is 17.8 Å². The fraction of sp³-hybridized carbons (Fsp3) is 0.176. The van der Waals surface area contributed by atoms with Gasteiger partial charge in [0.2, 0.25) is 0 Å². The average Bonchev–Trinajstić information content (AvgIpc) is 2.52. The van der Waals surface area contributed by atoms with E-state index in [-0.39, 0.29) is 11.9 Å². The molecule has 0 spiro atoms. The highest BCUT2D eigenvalue weighted by molar-refractivity contribution is 5.79. The molecule has 106 valence electrons. The molecule has 1 N–H and O–H groups in total. The second-order valence-electron chi connectivity index (χ2n) is 4.88. The Kier molecular flexibility index (Phi) is 3.88. The number of nitrogens with one attached hydrogen (secondary N) is 1. The van der Waals surface area contributed by atoms with Crippen LogP contribution in [-0.4, -0.2) is 16.5 Å². The fourth-order valence-corrected chi connectivity index (χ4v) is 2.49. The summed E-state index contributed by atoms with van der Waals surface area (Å²) in [6, 6.07) is 11.5. The minimum absolute atomic E-state index is 0.0807. The van der Waals surface area contributed by atoms with Crippen LogP contribution in [0.25, 0.3) is 10.9 Å². The third kappa shape index (κ3) is 2.90. The number of aromatic nitrogens is 2. The maximum absolute atomic E-state index is 13.4. The van der Waals surface area contributed by atoms with Gasteiger partial charge >= 0.3 is 0 Å². The van der Waals surface area contributed by atoms with E-state index < -0.39 is 0 Å². The van der Waals surface area contributed by atoms with Gasteiger partial charge in [-0.1, -0.05) is 19.1 Å². The zero-order chi connectivity index (χ0) is 14.7. The normalized spacial score (nSPS) is 12.5. The van der Waals surface area contributed by atoms with Crippen molar-refractivity contribution in [2.75, 3.05) is 6.54 Å². The Labute approximate surface area is 122 Å². The van der Waals surface area contributed by atoms with Crippen molar-refractivity contribution in [2.24, 2.45) is 0 Å². The van der Waals surface area contributed by atoms with Crippen molar-refractivity contribution in [1.29, 1.82) is 0 Å². The van der Waals surface area contributed by atoms with Crippen molar-refractivity contribution in [2.45, 2.75) is 13.0 Å². The fourth-order valence-electron chi connectivity index (χ4n) is 2.49. The summed E-state index contributed by atoms with van der Waals surface area (Å²) in [7, 11) is 0. The van der Waals surface area contributed by atoms with Crippen LogP contribution in [0.4, 0.5) is 4.39 Å². The van der Waals surface area contributed by atoms with E-state index in [9.17, 15) is 4.39 Å². The molecular formula is C17H16FN3. The van der Waals surface area contributed by atoms with Crippen LogP contribution in [0.3, 0.4) is 0 Å². The molecule has 21 heavy (non-hydrogen) atoms. The third-order valence-corrected chi connectivity index (χ3v) is 3.43. The summed E-state index contributed by atoms with van der Waals surface area (Å²) < 4.78 is 13.4. The predicted octanol–water partition coefficient (Wildman–Crippen LogP) is 3.47. The number of rotatable bonds is 4. The lowest BCUT2D eigenvalue weighted by Gasteiger charge is -2.19. The molecule has 0 aliphatic heterocycles. The summed E-state index contributed by atoms with van der Waals surface area (Å²) in [5, 5.41) is 4.45. The lowest BCUT2D eigenvalue weighted by molar-refractivity contribution is 0.596. The number of halogens is 1. The van der Waals surface area contributed by atoms with Gasteiger partial charge in [-0.15, -0.1) is 0 Å². The highest BCUT2D eigenvalue weighted by Gasteiger charge is 2.14. The van der Waals surface area contributed by atoms with Gasteiger partial charge in [0, 0.05) is 17.8 Å². The van der Waals surface area contributed by atoms with Crippen LogP contribution in [0.2, 0.25) is 0 Å². The van der Waals surface area contributed by atoms with Crippen molar-refractivity contribution in [3.8, 4) is 0 Å². The van der Waals surface area contributed by atoms with Gasteiger partial charge in [0.25, 0.3) is 0 Å². The lowest BCUT2D eigenvalue weighted by atomic mass is 9.98. The van der Waals surface area contributed by atoms with Gasteiger partial charge in [-0.2, -0.15) is 0 Å². The smallest absolute Gasteiger partial charge is 0.141 e. The zero-order valence-corrected chi connectivity index (χ0v) is 11.8. The highest BCUT2D eigenvalue weighted by atomic mass is 19.1. The summed E-state index contributed by atoms with van der Waals surface area (Å²) >= 11 is 0. The Morgan fingerprint density at radius 3 is 2.86 bits per heavy atom. The molecule has 0 amide bonds. The lowest BCUT2D eigenvalue weighted by Crippen LogP contribution is -2.22. The highest BCUT2D eigenvalue weighted by Crippen LogP contribution is 2.24. The Bertz CT molecular complexity index is 758. The monoisotopic (exact) mass is 281 g/mol. The van der Waals surface area contributed by atoms with E-state index in [4.69, 9.17) is 0 Å². The molecule has 3 aromatic rings. The van der Waals surface area contributed by atoms with E-state index in [1.807, 2.05) is 31.2 Å². The molecule has 0 bridgehead atoms. The van der Waals surface area contributed by atoms with E-state index in [0.29, 0.717) is 0 Å². The van der Waals surface area contributed by atoms with Crippen LogP contribution >= 0.6 is 0 Å². The molecule has 0 aliphatic rings. The predicted molar refractivity (Wildman–Crippen MR) is 81.5 cm³/mol. The maximum atomic E-state index is 13.4. The molecule has 0 aliphatic carbocycles. The van der Waals surface area contributed by atoms with Crippen LogP contribution < -0.4 is 5.32 Å². The molecule has 2 heterocycles. The number of pyridine rings is 2. The van der Waals surface area contributed by atoms with Crippen LogP contribution in [0.5, 0.6) is 0 Å². The largest absolute Gasteiger partial charge is 0.306 e. The van der Waals surface area contributed by atoms with Crippen LogP contribution in [-0.2, 0) is 0 Å². The van der Waals surface area contributed by atoms with Gasteiger partial charge in [-0.3, -0.25) is 9.97 Å². The van der Waals surface area contributed by atoms with Crippen LogP contribution in [0, 0.1) is 5.82 Å². The quantitative estimate of drug-likeness (QED) is 0.795. The Hall–Kier alpha value is -2.33. The Balaban J connectivity index is 2.06. The first-order chi connectivity index (χ1) is 10.3. The first-order valence-electron chi connectivity index (χ1n) is 6.96.